The smallest absolute Gasteiger partial charge is 0.311 e. The molecular weight excluding hydrogens is 580 g/mol. The van der Waals surface area contributed by atoms with Crippen molar-refractivity contribution in [3.05, 3.63) is 34.9 Å². The summed E-state index contributed by atoms with van der Waals surface area (Å²) in [4.78, 5) is 24.1. The topological polar surface area (TPSA) is 88.2 Å². The number of nitrogens with zero attached hydrogens (tertiary/aromatic N) is 4. The first-order valence-electron chi connectivity index (χ1n) is 15.5. The molecule has 2 heterocycles. The highest BCUT2D eigenvalue weighted by atomic mass is 19.3. The van der Waals surface area contributed by atoms with Crippen molar-refractivity contribution in [3.8, 4) is 0 Å². The van der Waals surface area contributed by atoms with E-state index in [2.05, 4.69) is 10.2 Å². The Balaban J connectivity index is 0.000000175. The lowest BCUT2D eigenvalue weighted by atomic mass is 9.52. The lowest BCUT2D eigenvalue weighted by Crippen LogP contribution is -2.49. The molecule has 0 aromatic carbocycles. The first kappa shape index (κ1) is 32.5. The molecule has 8 nitrogen and oxygen atoms in total. The minimum absolute atomic E-state index is 0.0488. The molecular formula is C32H44F4N4O4. The number of aromatic nitrogens is 4. The second-order valence-electron chi connectivity index (χ2n) is 14.0. The molecule has 0 saturated heterocycles. The van der Waals surface area contributed by atoms with Crippen LogP contribution in [0.4, 0.5) is 17.6 Å². The summed E-state index contributed by atoms with van der Waals surface area (Å²) in [6, 6.07) is 3.10. The predicted octanol–water partition coefficient (Wildman–Crippen LogP) is 6.59. The molecule has 6 fully saturated rings. The van der Waals surface area contributed by atoms with Gasteiger partial charge in [-0.15, -0.1) is 0 Å². The number of hydrogen-bond donors (Lipinski definition) is 0. The maximum atomic E-state index is 13.6. The second-order valence-corrected chi connectivity index (χ2v) is 14.0. The number of halogens is 4. The van der Waals surface area contributed by atoms with Gasteiger partial charge >= 0.3 is 11.9 Å². The van der Waals surface area contributed by atoms with Gasteiger partial charge in [0, 0.05) is 44.5 Å². The lowest BCUT2D eigenvalue weighted by molar-refractivity contribution is -0.161. The summed E-state index contributed by atoms with van der Waals surface area (Å²) in [5, 5.41) is 8.39. The third kappa shape index (κ3) is 5.33. The van der Waals surface area contributed by atoms with Gasteiger partial charge in [-0.1, -0.05) is 0 Å². The van der Waals surface area contributed by atoms with E-state index < -0.39 is 11.8 Å². The Morgan fingerprint density at radius 2 is 1.11 bits per heavy atom. The number of ether oxygens (including phenoxy) is 2. The normalized spacial score (nSPS) is 31.3. The van der Waals surface area contributed by atoms with Gasteiger partial charge in [0.1, 0.15) is 11.4 Å². The SMILES string of the molecule is COC(=O)C12CCC(c3cc(C(C)(F)F)n(C)n3)(CC1)CC2.COC(=O)C12CCC(c3cc(C(C)(F)F)nn3C)(CC1)CC2. The average Bonchev–Trinajstić information content (AvgIpc) is 3.62. The third-order valence-corrected chi connectivity index (χ3v) is 11.5. The molecule has 0 spiro atoms. The van der Waals surface area contributed by atoms with Gasteiger partial charge in [0.05, 0.1) is 30.7 Å². The van der Waals surface area contributed by atoms with Crippen LogP contribution < -0.4 is 0 Å². The molecule has 0 amide bonds. The van der Waals surface area contributed by atoms with E-state index in [0.29, 0.717) is 0 Å². The fraction of sp³-hybridized carbons (Fsp3) is 0.750. The Bertz CT molecular complexity index is 1370. The summed E-state index contributed by atoms with van der Waals surface area (Å²) in [6.07, 6.45) is 9.50. The van der Waals surface area contributed by atoms with Crippen molar-refractivity contribution >= 4 is 11.9 Å². The zero-order chi connectivity index (χ0) is 32.3. The monoisotopic (exact) mass is 624 g/mol. The molecule has 6 aliphatic carbocycles. The largest absolute Gasteiger partial charge is 0.469 e. The van der Waals surface area contributed by atoms with Gasteiger partial charge < -0.3 is 9.47 Å². The molecule has 0 N–H and O–H groups in total. The zero-order valence-electron chi connectivity index (χ0n) is 26.6. The summed E-state index contributed by atoms with van der Waals surface area (Å²) in [5.41, 5.74) is 0.418. The summed E-state index contributed by atoms with van der Waals surface area (Å²) in [6.45, 7) is 1.77. The van der Waals surface area contributed by atoms with Crippen LogP contribution in [0.15, 0.2) is 12.1 Å². The molecule has 0 radical (unpaired) electrons. The minimum atomic E-state index is -2.92. The van der Waals surface area contributed by atoms with Crippen LogP contribution in [-0.2, 0) is 55.8 Å². The van der Waals surface area contributed by atoms with Gasteiger partial charge in [0.25, 0.3) is 11.8 Å². The highest BCUT2D eigenvalue weighted by Gasteiger charge is 2.56. The maximum Gasteiger partial charge on any atom is 0.311 e. The average molecular weight is 625 g/mol. The van der Waals surface area contributed by atoms with Crippen LogP contribution in [0.3, 0.4) is 0 Å². The number of aryl methyl sites for hydroxylation is 2. The number of methoxy groups -OCH3 is 2. The molecule has 44 heavy (non-hydrogen) atoms. The van der Waals surface area contributed by atoms with Gasteiger partial charge in [0.2, 0.25) is 0 Å². The second kappa shape index (κ2) is 10.9. The van der Waals surface area contributed by atoms with Crippen LogP contribution in [0.5, 0.6) is 0 Å². The van der Waals surface area contributed by atoms with Crippen LogP contribution >= 0.6 is 0 Å². The Morgan fingerprint density at radius 3 is 1.45 bits per heavy atom. The van der Waals surface area contributed by atoms with Crippen molar-refractivity contribution in [1.82, 2.24) is 19.6 Å². The van der Waals surface area contributed by atoms with Crippen LogP contribution in [0.25, 0.3) is 0 Å². The number of esters is 2. The molecule has 6 saturated carbocycles. The molecule has 0 atom stereocenters. The van der Waals surface area contributed by atoms with Gasteiger partial charge in [-0.25, -0.2) is 0 Å². The predicted molar refractivity (Wildman–Crippen MR) is 153 cm³/mol. The quantitative estimate of drug-likeness (QED) is 0.266. The van der Waals surface area contributed by atoms with E-state index in [9.17, 15) is 27.2 Å². The summed E-state index contributed by atoms with van der Waals surface area (Å²) < 4.78 is 67.1. The highest BCUT2D eigenvalue weighted by Crippen LogP contribution is 2.59. The van der Waals surface area contributed by atoms with Crippen LogP contribution in [0.1, 0.15) is 114 Å². The fourth-order valence-electron chi connectivity index (χ4n) is 8.50. The Morgan fingerprint density at radius 1 is 0.682 bits per heavy atom. The van der Waals surface area contributed by atoms with E-state index in [0.717, 1.165) is 102 Å². The van der Waals surface area contributed by atoms with E-state index in [4.69, 9.17) is 9.47 Å². The number of carbonyl (C=O) groups excluding carboxylic acids is 2. The number of hydrogen-bond acceptors (Lipinski definition) is 6. The minimum Gasteiger partial charge on any atom is -0.469 e. The lowest BCUT2D eigenvalue weighted by Gasteiger charge is -2.51. The van der Waals surface area contributed by atoms with Crippen LogP contribution in [0.2, 0.25) is 0 Å². The van der Waals surface area contributed by atoms with Gasteiger partial charge in [-0.05, 0) is 89.2 Å². The summed E-state index contributed by atoms with van der Waals surface area (Å²) in [5.74, 6) is -6.06. The van der Waals surface area contributed by atoms with E-state index >= 15 is 0 Å². The highest BCUT2D eigenvalue weighted by molar-refractivity contribution is 5.78. The fourth-order valence-corrected chi connectivity index (χ4v) is 8.50. The van der Waals surface area contributed by atoms with Gasteiger partial charge in [0.15, 0.2) is 0 Å². The molecule has 6 aliphatic rings. The number of fused-ring (bicyclic) bond motifs is 6. The van der Waals surface area contributed by atoms with Crippen molar-refractivity contribution in [2.75, 3.05) is 14.2 Å². The van der Waals surface area contributed by atoms with Gasteiger partial charge in [-0.3, -0.25) is 19.0 Å². The van der Waals surface area contributed by atoms with Gasteiger partial charge in [-0.2, -0.15) is 27.8 Å². The molecule has 2 aromatic rings. The maximum absolute atomic E-state index is 13.6. The first-order valence-corrected chi connectivity index (χ1v) is 15.5. The number of rotatable bonds is 6. The van der Waals surface area contributed by atoms with Crippen molar-refractivity contribution in [2.45, 2.75) is 114 Å². The van der Waals surface area contributed by atoms with Crippen molar-refractivity contribution in [3.63, 3.8) is 0 Å². The zero-order valence-corrected chi connectivity index (χ0v) is 26.6. The van der Waals surface area contributed by atoms with Crippen molar-refractivity contribution in [2.24, 2.45) is 24.9 Å². The van der Waals surface area contributed by atoms with E-state index in [1.165, 1.54) is 18.9 Å². The molecule has 0 unspecified atom stereocenters. The van der Waals surface area contributed by atoms with E-state index in [1.807, 2.05) is 0 Å². The van der Waals surface area contributed by atoms with Crippen LogP contribution in [0, 0.1) is 10.8 Å². The first-order chi connectivity index (χ1) is 20.4. The number of carbonyl (C=O) groups is 2. The van der Waals surface area contributed by atoms with E-state index in [-0.39, 0.29) is 45.0 Å². The molecule has 8 rings (SSSR count). The van der Waals surface area contributed by atoms with Crippen LogP contribution in [-0.4, -0.2) is 45.7 Å². The van der Waals surface area contributed by atoms with E-state index in [1.54, 1.807) is 30.9 Å². The molecule has 0 aliphatic heterocycles. The molecule has 4 bridgehead atoms. The van der Waals surface area contributed by atoms with Crippen molar-refractivity contribution < 1.29 is 36.6 Å². The standard InChI is InChI=1S/2C16H22F2N2O2/c1-14(17,18)12-10-11(19-20(12)2)15-4-7-16(8-5-15,9-6-15)13(21)22-3;1-14(17,18)11-10-12(20(2)19-11)15-4-7-16(8-5-15,9-6-15)13(21)22-3/h2*10H,4-9H2,1-3H3. The number of alkyl halides is 4. The summed E-state index contributed by atoms with van der Waals surface area (Å²) in [7, 11) is 6.17. The summed E-state index contributed by atoms with van der Waals surface area (Å²) >= 11 is 0. The third-order valence-electron chi connectivity index (χ3n) is 11.5. The van der Waals surface area contributed by atoms with Crippen molar-refractivity contribution in [1.29, 1.82) is 0 Å². The Kier molecular flexibility index (Phi) is 8.01. The molecule has 2 aromatic heterocycles. The molecule has 12 heteroatoms. The Labute approximate surface area is 255 Å². The molecule has 244 valence electrons. The Hall–Kier alpha value is -2.92.